The molecule has 8 heteroatoms. The Bertz CT molecular complexity index is 929. The van der Waals surface area contributed by atoms with E-state index in [1.54, 1.807) is 4.90 Å². The minimum absolute atomic E-state index is 0.170. The first kappa shape index (κ1) is 17.0. The van der Waals surface area contributed by atoms with Crippen molar-refractivity contribution in [3.8, 4) is 11.3 Å². The molecule has 0 atom stereocenters. The SMILES string of the molecule is O=C(c1cnccn1)N1CCN(c2ncnc(-c3ccccc3)c2F)CC1. The molecule has 1 fully saturated rings. The molecule has 3 aromatic rings. The number of nitrogens with zero attached hydrogens (tertiary/aromatic N) is 6. The summed E-state index contributed by atoms with van der Waals surface area (Å²) in [6.45, 7) is 1.88. The highest BCUT2D eigenvalue weighted by molar-refractivity contribution is 5.92. The van der Waals surface area contributed by atoms with E-state index in [2.05, 4.69) is 19.9 Å². The summed E-state index contributed by atoms with van der Waals surface area (Å²) in [7, 11) is 0. The summed E-state index contributed by atoms with van der Waals surface area (Å²) in [6, 6.07) is 9.18. The zero-order valence-electron chi connectivity index (χ0n) is 14.5. The summed E-state index contributed by atoms with van der Waals surface area (Å²) in [5, 5.41) is 0. The van der Waals surface area contributed by atoms with Crippen LogP contribution in [0.1, 0.15) is 10.5 Å². The molecule has 2 aromatic heterocycles. The van der Waals surface area contributed by atoms with Gasteiger partial charge < -0.3 is 9.80 Å². The molecule has 136 valence electrons. The number of hydrogen-bond acceptors (Lipinski definition) is 6. The van der Waals surface area contributed by atoms with E-state index in [1.165, 1.54) is 24.9 Å². The van der Waals surface area contributed by atoms with E-state index in [-0.39, 0.29) is 17.4 Å². The average molecular weight is 364 g/mol. The number of rotatable bonds is 3. The quantitative estimate of drug-likeness (QED) is 0.708. The van der Waals surface area contributed by atoms with Crippen molar-refractivity contribution in [1.29, 1.82) is 0 Å². The van der Waals surface area contributed by atoms with Crippen LogP contribution in [0.15, 0.2) is 55.2 Å². The molecule has 0 N–H and O–H groups in total. The van der Waals surface area contributed by atoms with Crippen LogP contribution < -0.4 is 4.90 Å². The molecule has 0 radical (unpaired) electrons. The molecule has 1 saturated heterocycles. The lowest BCUT2D eigenvalue weighted by Crippen LogP contribution is -2.49. The van der Waals surface area contributed by atoms with Gasteiger partial charge in [0.15, 0.2) is 11.6 Å². The topological polar surface area (TPSA) is 75.1 Å². The Morgan fingerprint density at radius 3 is 2.44 bits per heavy atom. The molecule has 7 nitrogen and oxygen atoms in total. The van der Waals surface area contributed by atoms with Crippen LogP contribution in [0.4, 0.5) is 10.2 Å². The second kappa shape index (κ2) is 7.45. The second-order valence-corrected chi connectivity index (χ2v) is 6.10. The molecule has 0 unspecified atom stereocenters. The van der Waals surface area contributed by atoms with Gasteiger partial charge in [0.05, 0.1) is 6.20 Å². The maximum atomic E-state index is 15.0. The third kappa shape index (κ3) is 3.46. The van der Waals surface area contributed by atoms with Crippen molar-refractivity contribution in [2.45, 2.75) is 0 Å². The molecule has 0 bridgehead atoms. The number of anilines is 1. The van der Waals surface area contributed by atoms with Crippen molar-refractivity contribution in [1.82, 2.24) is 24.8 Å². The molecule has 3 heterocycles. The molecule has 0 aliphatic carbocycles. The first-order valence-electron chi connectivity index (χ1n) is 8.60. The van der Waals surface area contributed by atoms with Crippen molar-refractivity contribution in [2.75, 3.05) is 31.1 Å². The van der Waals surface area contributed by atoms with Crippen LogP contribution >= 0.6 is 0 Å². The highest BCUT2D eigenvalue weighted by Gasteiger charge is 2.26. The van der Waals surface area contributed by atoms with Crippen molar-refractivity contribution in [3.05, 3.63) is 66.8 Å². The average Bonchev–Trinajstić information content (AvgIpc) is 2.75. The van der Waals surface area contributed by atoms with E-state index in [1.807, 2.05) is 35.2 Å². The standard InChI is InChI=1S/C19H17FN6O/c20-16-17(14-4-2-1-3-5-14)23-13-24-18(16)25-8-10-26(11-9-25)19(27)15-12-21-6-7-22-15/h1-7,12-13H,8-11H2. The summed E-state index contributed by atoms with van der Waals surface area (Å²) >= 11 is 0. The monoisotopic (exact) mass is 364 g/mol. The summed E-state index contributed by atoms with van der Waals surface area (Å²) in [5.74, 6) is -0.358. The predicted octanol–water partition coefficient (Wildman–Crippen LogP) is 2.04. The number of halogens is 1. The van der Waals surface area contributed by atoms with Crippen molar-refractivity contribution in [2.24, 2.45) is 0 Å². The molecule has 1 aliphatic rings. The highest BCUT2D eigenvalue weighted by atomic mass is 19.1. The van der Waals surface area contributed by atoms with E-state index < -0.39 is 5.82 Å². The minimum Gasteiger partial charge on any atom is -0.351 e. The van der Waals surface area contributed by atoms with Crippen molar-refractivity contribution < 1.29 is 9.18 Å². The number of hydrogen-bond donors (Lipinski definition) is 0. The van der Waals surface area contributed by atoms with E-state index >= 15 is 0 Å². The van der Waals surface area contributed by atoms with Crippen LogP contribution in [-0.2, 0) is 0 Å². The number of carbonyl (C=O) groups excluding carboxylic acids is 1. The Morgan fingerprint density at radius 1 is 0.963 bits per heavy atom. The first-order chi connectivity index (χ1) is 13.2. The van der Waals surface area contributed by atoms with Gasteiger partial charge in [-0.3, -0.25) is 9.78 Å². The Morgan fingerprint density at radius 2 is 1.74 bits per heavy atom. The molecule has 4 rings (SSSR count). The summed E-state index contributed by atoms with van der Waals surface area (Å²) < 4.78 is 15.0. The van der Waals surface area contributed by atoms with Crippen molar-refractivity contribution >= 4 is 11.7 Å². The summed E-state index contributed by atoms with van der Waals surface area (Å²) in [4.78, 5) is 32.2. The Labute approximate surface area is 155 Å². The number of piperazine rings is 1. The molecule has 0 spiro atoms. The maximum absolute atomic E-state index is 15.0. The van der Waals surface area contributed by atoms with Gasteiger partial charge in [0.25, 0.3) is 5.91 Å². The van der Waals surface area contributed by atoms with E-state index in [9.17, 15) is 9.18 Å². The smallest absolute Gasteiger partial charge is 0.274 e. The summed E-state index contributed by atoms with van der Waals surface area (Å²) in [5.41, 5.74) is 1.29. The number of amides is 1. The molecule has 1 aliphatic heterocycles. The number of carbonyl (C=O) groups is 1. The van der Waals surface area contributed by atoms with Gasteiger partial charge in [-0.15, -0.1) is 0 Å². The van der Waals surface area contributed by atoms with Crippen LogP contribution in [0, 0.1) is 5.82 Å². The van der Waals surface area contributed by atoms with Gasteiger partial charge in [-0.05, 0) is 0 Å². The molecule has 1 amide bonds. The minimum atomic E-state index is -0.447. The molecule has 1 aromatic carbocycles. The third-order valence-corrected chi connectivity index (χ3v) is 4.47. The van der Waals surface area contributed by atoms with Gasteiger partial charge in [-0.25, -0.2) is 19.3 Å². The van der Waals surface area contributed by atoms with Crippen LogP contribution in [0.5, 0.6) is 0 Å². The zero-order chi connectivity index (χ0) is 18.6. The summed E-state index contributed by atoms with van der Waals surface area (Å²) in [6.07, 6.45) is 5.84. The van der Waals surface area contributed by atoms with Gasteiger partial charge >= 0.3 is 0 Å². The van der Waals surface area contributed by atoms with Crippen molar-refractivity contribution in [3.63, 3.8) is 0 Å². The first-order valence-corrected chi connectivity index (χ1v) is 8.60. The lowest BCUT2D eigenvalue weighted by molar-refractivity contribution is 0.0740. The van der Waals surface area contributed by atoms with Crippen LogP contribution in [-0.4, -0.2) is 56.9 Å². The fourth-order valence-corrected chi connectivity index (χ4v) is 3.07. The molecular weight excluding hydrogens is 347 g/mol. The van der Waals surface area contributed by atoms with Gasteiger partial charge in [0.1, 0.15) is 17.7 Å². The fourth-order valence-electron chi connectivity index (χ4n) is 3.07. The normalized spacial score (nSPS) is 14.3. The van der Waals surface area contributed by atoms with Gasteiger partial charge in [-0.1, -0.05) is 30.3 Å². The Balaban J connectivity index is 1.50. The second-order valence-electron chi connectivity index (χ2n) is 6.10. The molecule has 0 saturated carbocycles. The Hall–Kier alpha value is -3.42. The number of aromatic nitrogens is 4. The molecule has 27 heavy (non-hydrogen) atoms. The maximum Gasteiger partial charge on any atom is 0.274 e. The zero-order valence-corrected chi connectivity index (χ0v) is 14.5. The van der Waals surface area contributed by atoms with Gasteiger partial charge in [0.2, 0.25) is 0 Å². The van der Waals surface area contributed by atoms with Crippen LogP contribution in [0.25, 0.3) is 11.3 Å². The van der Waals surface area contributed by atoms with E-state index in [0.717, 1.165) is 0 Å². The Kier molecular flexibility index (Phi) is 4.69. The van der Waals surface area contributed by atoms with Crippen LogP contribution in [0.2, 0.25) is 0 Å². The highest BCUT2D eigenvalue weighted by Crippen LogP contribution is 2.26. The lowest BCUT2D eigenvalue weighted by Gasteiger charge is -2.35. The van der Waals surface area contributed by atoms with E-state index in [4.69, 9.17) is 0 Å². The lowest BCUT2D eigenvalue weighted by atomic mass is 10.1. The van der Waals surface area contributed by atoms with Crippen LogP contribution in [0.3, 0.4) is 0 Å². The third-order valence-electron chi connectivity index (χ3n) is 4.47. The van der Waals surface area contributed by atoms with E-state index in [0.29, 0.717) is 37.4 Å². The number of benzene rings is 1. The molecular formula is C19H17FN6O. The van der Waals surface area contributed by atoms with Gasteiger partial charge in [-0.2, -0.15) is 0 Å². The van der Waals surface area contributed by atoms with Gasteiger partial charge in [0, 0.05) is 44.1 Å². The predicted molar refractivity (Wildman–Crippen MR) is 97.6 cm³/mol. The largest absolute Gasteiger partial charge is 0.351 e. The fraction of sp³-hybridized carbons (Fsp3) is 0.211.